The Labute approximate surface area is 187 Å². The molecule has 4 rings (SSSR count). The van der Waals surface area contributed by atoms with Gasteiger partial charge in [0.1, 0.15) is 12.4 Å². The number of rotatable bonds is 6. The highest BCUT2D eigenvalue weighted by Gasteiger charge is 2.38. The van der Waals surface area contributed by atoms with Crippen molar-refractivity contribution >= 4 is 5.96 Å². The molecule has 2 unspecified atom stereocenters. The standard InChI is InChI=1S/C23H41N7O/c1-4-30-13-8-9-20(30)16-24-22(25-17-21-28-27-18(2)29(21)3)26-19-10-14-31-23(15-19)11-6-5-7-12-23/h19-20H,4-17H2,1-3H3,(H2,24,25,26). The van der Waals surface area contributed by atoms with Gasteiger partial charge in [-0.25, -0.2) is 4.99 Å². The molecular weight excluding hydrogens is 390 g/mol. The second kappa shape index (κ2) is 10.3. The number of nitrogens with zero attached hydrogens (tertiary/aromatic N) is 5. The maximum absolute atomic E-state index is 6.31. The largest absolute Gasteiger partial charge is 0.375 e. The first-order valence-corrected chi connectivity index (χ1v) is 12.4. The Morgan fingerprint density at radius 3 is 2.77 bits per heavy atom. The maximum atomic E-state index is 6.31. The third-order valence-electron chi connectivity index (χ3n) is 7.57. The normalized spacial score (nSPS) is 27.0. The second-order valence-corrected chi connectivity index (χ2v) is 9.62. The van der Waals surface area contributed by atoms with Crippen LogP contribution >= 0.6 is 0 Å². The van der Waals surface area contributed by atoms with Gasteiger partial charge in [-0.3, -0.25) is 4.90 Å². The highest BCUT2D eigenvalue weighted by Crippen LogP contribution is 2.38. The minimum absolute atomic E-state index is 0.0877. The Balaban J connectivity index is 1.42. The van der Waals surface area contributed by atoms with Gasteiger partial charge in [-0.1, -0.05) is 26.2 Å². The lowest BCUT2D eigenvalue weighted by Gasteiger charge is -2.44. The van der Waals surface area contributed by atoms with Crippen molar-refractivity contribution in [1.29, 1.82) is 0 Å². The summed E-state index contributed by atoms with van der Waals surface area (Å²) < 4.78 is 8.32. The number of nitrogens with one attached hydrogen (secondary N) is 2. The summed E-state index contributed by atoms with van der Waals surface area (Å²) in [5.74, 6) is 2.72. The number of hydrogen-bond acceptors (Lipinski definition) is 5. The average Bonchev–Trinajstić information content (AvgIpc) is 3.37. The smallest absolute Gasteiger partial charge is 0.191 e. The molecule has 2 aliphatic heterocycles. The SMILES string of the molecule is CCN1CCCC1CNC(=NCc1nnc(C)n1C)NC1CCOC2(CCCCC2)C1. The number of ether oxygens (including phenoxy) is 1. The molecule has 0 amide bonds. The Morgan fingerprint density at radius 2 is 2.03 bits per heavy atom. The predicted molar refractivity (Wildman–Crippen MR) is 123 cm³/mol. The van der Waals surface area contributed by atoms with Crippen LogP contribution in [0.15, 0.2) is 4.99 Å². The van der Waals surface area contributed by atoms with Gasteiger partial charge in [0.25, 0.3) is 0 Å². The van der Waals surface area contributed by atoms with E-state index in [0.29, 0.717) is 18.6 Å². The molecule has 1 saturated carbocycles. The van der Waals surface area contributed by atoms with Crippen molar-refractivity contribution in [3.8, 4) is 0 Å². The van der Waals surface area contributed by atoms with Gasteiger partial charge in [0.2, 0.25) is 0 Å². The van der Waals surface area contributed by atoms with E-state index < -0.39 is 0 Å². The van der Waals surface area contributed by atoms with E-state index in [-0.39, 0.29) is 5.60 Å². The van der Waals surface area contributed by atoms with Crippen molar-refractivity contribution in [2.75, 3.05) is 26.2 Å². The molecule has 174 valence electrons. The summed E-state index contributed by atoms with van der Waals surface area (Å²) in [4.78, 5) is 7.49. The van der Waals surface area contributed by atoms with Gasteiger partial charge in [-0.05, 0) is 58.5 Å². The summed E-state index contributed by atoms with van der Waals surface area (Å²) in [7, 11) is 2.00. The van der Waals surface area contributed by atoms with Crippen molar-refractivity contribution in [3.63, 3.8) is 0 Å². The van der Waals surface area contributed by atoms with Gasteiger partial charge in [0, 0.05) is 32.3 Å². The van der Waals surface area contributed by atoms with E-state index in [1.54, 1.807) is 0 Å². The van der Waals surface area contributed by atoms with E-state index in [9.17, 15) is 0 Å². The third-order valence-corrected chi connectivity index (χ3v) is 7.57. The van der Waals surface area contributed by atoms with Crippen molar-refractivity contribution < 1.29 is 4.74 Å². The molecule has 0 bridgehead atoms. The minimum Gasteiger partial charge on any atom is -0.375 e. The molecule has 8 heteroatoms. The monoisotopic (exact) mass is 431 g/mol. The summed E-state index contributed by atoms with van der Waals surface area (Å²) >= 11 is 0. The highest BCUT2D eigenvalue weighted by molar-refractivity contribution is 5.80. The first kappa shape index (κ1) is 22.5. The lowest BCUT2D eigenvalue weighted by Crippen LogP contribution is -2.53. The van der Waals surface area contributed by atoms with Gasteiger partial charge in [0.15, 0.2) is 11.8 Å². The van der Waals surface area contributed by atoms with Crippen molar-refractivity contribution in [3.05, 3.63) is 11.6 Å². The van der Waals surface area contributed by atoms with Gasteiger partial charge in [-0.15, -0.1) is 10.2 Å². The number of aromatic nitrogens is 3. The van der Waals surface area contributed by atoms with Crippen LogP contribution in [0.3, 0.4) is 0 Å². The molecule has 3 heterocycles. The highest BCUT2D eigenvalue weighted by atomic mass is 16.5. The van der Waals surface area contributed by atoms with Crippen LogP contribution in [-0.2, 0) is 18.3 Å². The van der Waals surface area contributed by atoms with Crippen LogP contribution in [0.5, 0.6) is 0 Å². The van der Waals surface area contributed by atoms with Crippen LogP contribution < -0.4 is 10.6 Å². The van der Waals surface area contributed by atoms with Crippen LogP contribution in [0.4, 0.5) is 0 Å². The summed E-state index contributed by atoms with van der Waals surface area (Å²) in [5, 5.41) is 15.9. The first-order valence-electron chi connectivity index (χ1n) is 12.4. The van der Waals surface area contributed by atoms with Crippen LogP contribution in [0.2, 0.25) is 0 Å². The fourth-order valence-electron chi connectivity index (χ4n) is 5.54. The fourth-order valence-corrected chi connectivity index (χ4v) is 5.54. The molecule has 2 N–H and O–H groups in total. The zero-order valence-corrected chi connectivity index (χ0v) is 19.7. The van der Waals surface area contributed by atoms with Crippen molar-refractivity contribution in [2.24, 2.45) is 12.0 Å². The van der Waals surface area contributed by atoms with Crippen LogP contribution in [-0.4, -0.2) is 69.5 Å². The molecule has 1 spiro atoms. The summed E-state index contributed by atoms with van der Waals surface area (Å²) in [6, 6.07) is 0.999. The Morgan fingerprint density at radius 1 is 1.19 bits per heavy atom. The van der Waals surface area contributed by atoms with Gasteiger partial charge >= 0.3 is 0 Å². The van der Waals surface area contributed by atoms with E-state index in [1.165, 1.54) is 51.5 Å². The summed E-state index contributed by atoms with van der Waals surface area (Å²) in [6.45, 7) is 8.88. The molecule has 31 heavy (non-hydrogen) atoms. The van der Waals surface area contributed by atoms with Crippen LogP contribution in [0.25, 0.3) is 0 Å². The van der Waals surface area contributed by atoms with E-state index in [1.807, 2.05) is 18.5 Å². The molecule has 1 aromatic rings. The summed E-state index contributed by atoms with van der Waals surface area (Å²) in [5.41, 5.74) is 0.0877. The Hall–Kier alpha value is -1.67. The summed E-state index contributed by atoms with van der Waals surface area (Å²) in [6.07, 6.45) is 11.0. The first-order chi connectivity index (χ1) is 15.1. The zero-order chi connectivity index (χ0) is 21.7. The Bertz CT molecular complexity index is 735. The third kappa shape index (κ3) is 5.58. The van der Waals surface area contributed by atoms with Gasteiger partial charge in [-0.2, -0.15) is 0 Å². The molecule has 0 aromatic carbocycles. The molecule has 2 atom stereocenters. The van der Waals surface area contributed by atoms with Crippen molar-refractivity contribution in [1.82, 2.24) is 30.3 Å². The van der Waals surface area contributed by atoms with E-state index in [2.05, 4.69) is 32.7 Å². The number of likely N-dealkylation sites (N-methyl/N-ethyl adjacent to an activating group) is 1. The number of aliphatic imine (C=N–C) groups is 1. The maximum Gasteiger partial charge on any atom is 0.191 e. The lowest BCUT2D eigenvalue weighted by molar-refractivity contribution is -0.107. The van der Waals surface area contributed by atoms with Gasteiger partial charge in [0.05, 0.1) is 5.60 Å². The fraction of sp³-hybridized carbons (Fsp3) is 0.870. The zero-order valence-electron chi connectivity index (χ0n) is 19.7. The molecule has 8 nitrogen and oxygen atoms in total. The van der Waals surface area contributed by atoms with Gasteiger partial charge < -0.3 is 19.9 Å². The van der Waals surface area contributed by atoms with E-state index >= 15 is 0 Å². The lowest BCUT2D eigenvalue weighted by atomic mass is 9.78. The number of hydrogen-bond donors (Lipinski definition) is 2. The predicted octanol–water partition coefficient (Wildman–Crippen LogP) is 2.52. The number of guanidine groups is 1. The van der Waals surface area contributed by atoms with E-state index in [0.717, 1.165) is 50.1 Å². The topological polar surface area (TPSA) is 79.6 Å². The molecule has 3 aliphatic rings. The quantitative estimate of drug-likeness (QED) is 0.532. The molecule has 2 saturated heterocycles. The number of likely N-dealkylation sites (tertiary alicyclic amines) is 1. The van der Waals surface area contributed by atoms with Crippen molar-refractivity contribution in [2.45, 2.75) is 95.9 Å². The molecule has 3 fully saturated rings. The molecule has 0 radical (unpaired) electrons. The minimum atomic E-state index is 0.0877. The Kier molecular flexibility index (Phi) is 7.48. The number of aryl methyl sites for hydroxylation is 1. The second-order valence-electron chi connectivity index (χ2n) is 9.62. The van der Waals surface area contributed by atoms with Crippen LogP contribution in [0.1, 0.15) is 76.4 Å². The molecule has 1 aliphatic carbocycles. The molecular formula is C23H41N7O. The average molecular weight is 432 g/mol. The van der Waals surface area contributed by atoms with Crippen LogP contribution in [0, 0.1) is 6.92 Å². The van der Waals surface area contributed by atoms with E-state index in [4.69, 9.17) is 9.73 Å². The molecule has 1 aromatic heterocycles.